The third-order valence-electron chi connectivity index (χ3n) is 4.74. The Balaban J connectivity index is 1.97. The summed E-state index contributed by atoms with van der Waals surface area (Å²) in [6.45, 7) is 1.82. The molecule has 0 saturated heterocycles. The maximum atomic E-state index is 12.5. The standard InChI is InChI=1S/C19H25F3N4O2/c1-18(16(23)27,12-13-8-4-5-9-14(13)26(2)3)11-7-6-10-15-24-17(28-25-15)19(20,21)22/h4-5,8-9H,6-7,10-12H2,1-3H3,(H2,23,27). The first-order valence-electron chi connectivity index (χ1n) is 8.98. The lowest BCUT2D eigenvalue weighted by Gasteiger charge is -2.28. The number of hydrogen-bond acceptors (Lipinski definition) is 5. The number of nitrogens with two attached hydrogens (primary N) is 1. The molecule has 0 aliphatic rings. The minimum Gasteiger partial charge on any atom is -0.377 e. The smallest absolute Gasteiger partial charge is 0.377 e. The molecule has 154 valence electrons. The molecule has 1 amide bonds. The predicted octanol–water partition coefficient (Wildman–Crippen LogP) is 3.60. The van der Waals surface area contributed by atoms with Gasteiger partial charge in [-0.1, -0.05) is 36.7 Å². The van der Waals surface area contributed by atoms with E-state index in [1.54, 1.807) is 0 Å². The molecule has 1 aromatic carbocycles. The largest absolute Gasteiger partial charge is 0.471 e. The molecule has 6 nitrogen and oxygen atoms in total. The maximum Gasteiger partial charge on any atom is 0.471 e. The van der Waals surface area contributed by atoms with Crippen molar-refractivity contribution in [3.8, 4) is 0 Å². The second kappa shape index (κ2) is 8.62. The van der Waals surface area contributed by atoms with Crippen LogP contribution in [0.25, 0.3) is 0 Å². The van der Waals surface area contributed by atoms with Crippen molar-refractivity contribution in [3.05, 3.63) is 41.5 Å². The van der Waals surface area contributed by atoms with Gasteiger partial charge in [-0.25, -0.2) is 0 Å². The van der Waals surface area contributed by atoms with Gasteiger partial charge in [0.25, 0.3) is 0 Å². The number of anilines is 1. The van der Waals surface area contributed by atoms with Crippen LogP contribution in [0.1, 0.15) is 43.5 Å². The van der Waals surface area contributed by atoms with Gasteiger partial charge in [-0.2, -0.15) is 18.2 Å². The molecule has 2 rings (SSSR count). The van der Waals surface area contributed by atoms with Crippen LogP contribution in [-0.4, -0.2) is 30.1 Å². The number of hydrogen-bond donors (Lipinski definition) is 1. The van der Waals surface area contributed by atoms with Gasteiger partial charge in [-0.05, 0) is 30.9 Å². The first-order chi connectivity index (χ1) is 13.0. The van der Waals surface area contributed by atoms with Crippen molar-refractivity contribution in [1.29, 1.82) is 0 Å². The predicted molar refractivity (Wildman–Crippen MR) is 98.6 cm³/mol. The zero-order valence-electron chi connectivity index (χ0n) is 16.2. The number of primary amides is 1. The van der Waals surface area contributed by atoms with Gasteiger partial charge in [0.05, 0.1) is 5.41 Å². The van der Waals surface area contributed by atoms with E-state index in [4.69, 9.17) is 5.73 Å². The third-order valence-corrected chi connectivity index (χ3v) is 4.74. The Morgan fingerprint density at radius 3 is 2.46 bits per heavy atom. The number of rotatable bonds is 9. The summed E-state index contributed by atoms with van der Waals surface area (Å²) in [5.74, 6) is -1.74. The fraction of sp³-hybridized carbons (Fsp3) is 0.526. The first-order valence-corrected chi connectivity index (χ1v) is 8.98. The molecule has 2 aromatic rings. The third kappa shape index (κ3) is 5.46. The number of carbonyl (C=O) groups is 1. The average molecular weight is 398 g/mol. The molecule has 0 aliphatic carbocycles. The lowest BCUT2D eigenvalue weighted by atomic mass is 9.78. The minimum absolute atomic E-state index is 0.00561. The Morgan fingerprint density at radius 1 is 1.21 bits per heavy atom. The van der Waals surface area contributed by atoms with Gasteiger partial charge in [0.15, 0.2) is 5.82 Å². The van der Waals surface area contributed by atoms with Gasteiger partial charge in [-0.15, -0.1) is 0 Å². The van der Waals surface area contributed by atoms with E-state index in [0.717, 1.165) is 11.3 Å². The number of unbranched alkanes of at least 4 members (excludes halogenated alkanes) is 1. The van der Waals surface area contributed by atoms with E-state index in [0.29, 0.717) is 25.7 Å². The van der Waals surface area contributed by atoms with Crippen molar-refractivity contribution in [1.82, 2.24) is 10.1 Å². The molecule has 9 heteroatoms. The number of benzene rings is 1. The van der Waals surface area contributed by atoms with Crippen molar-refractivity contribution in [2.75, 3.05) is 19.0 Å². The van der Waals surface area contributed by atoms with Gasteiger partial charge in [-0.3, -0.25) is 4.79 Å². The zero-order valence-corrected chi connectivity index (χ0v) is 16.2. The fourth-order valence-corrected chi connectivity index (χ4v) is 3.08. The van der Waals surface area contributed by atoms with Crippen LogP contribution in [0.15, 0.2) is 28.8 Å². The highest BCUT2D eigenvalue weighted by Crippen LogP contribution is 2.33. The summed E-state index contributed by atoms with van der Waals surface area (Å²) in [6.07, 6.45) is -2.29. The zero-order chi connectivity index (χ0) is 20.9. The molecule has 0 spiro atoms. The summed E-state index contributed by atoms with van der Waals surface area (Å²) in [4.78, 5) is 17.5. The van der Waals surface area contributed by atoms with Gasteiger partial charge in [0.2, 0.25) is 5.91 Å². The molecular formula is C19H25F3N4O2. The highest BCUT2D eigenvalue weighted by atomic mass is 19.4. The number of para-hydroxylation sites is 1. The van der Waals surface area contributed by atoms with Crippen molar-refractivity contribution < 1.29 is 22.5 Å². The van der Waals surface area contributed by atoms with Crippen molar-refractivity contribution in [2.45, 2.75) is 45.2 Å². The number of aryl methyl sites for hydroxylation is 1. The van der Waals surface area contributed by atoms with Crippen LogP contribution in [0, 0.1) is 5.41 Å². The van der Waals surface area contributed by atoms with Crippen LogP contribution in [0.2, 0.25) is 0 Å². The second-order valence-electron chi connectivity index (χ2n) is 7.35. The van der Waals surface area contributed by atoms with Crippen LogP contribution in [0.5, 0.6) is 0 Å². The molecule has 0 saturated carbocycles. The number of amides is 1. The van der Waals surface area contributed by atoms with Crippen LogP contribution >= 0.6 is 0 Å². The number of nitrogens with zero attached hydrogens (tertiary/aromatic N) is 3. The molecule has 28 heavy (non-hydrogen) atoms. The molecule has 1 heterocycles. The topological polar surface area (TPSA) is 85.2 Å². The molecule has 0 bridgehead atoms. The van der Waals surface area contributed by atoms with Crippen LogP contribution in [0.4, 0.5) is 18.9 Å². The van der Waals surface area contributed by atoms with Crippen molar-refractivity contribution >= 4 is 11.6 Å². The molecule has 0 radical (unpaired) electrons. The number of carbonyl (C=O) groups excluding carboxylic acids is 1. The summed E-state index contributed by atoms with van der Waals surface area (Å²) < 4.78 is 41.7. The van der Waals surface area contributed by atoms with Crippen molar-refractivity contribution in [2.24, 2.45) is 11.1 Å². The van der Waals surface area contributed by atoms with Gasteiger partial charge in [0.1, 0.15) is 0 Å². The Morgan fingerprint density at radius 2 is 1.89 bits per heavy atom. The summed E-state index contributed by atoms with van der Waals surface area (Å²) >= 11 is 0. The molecule has 0 aliphatic heterocycles. The van der Waals surface area contributed by atoms with Gasteiger partial charge in [0, 0.05) is 26.2 Å². The lowest BCUT2D eigenvalue weighted by molar-refractivity contribution is -0.159. The first kappa shape index (κ1) is 21.7. The molecule has 0 fully saturated rings. The van der Waals surface area contributed by atoms with E-state index in [1.165, 1.54) is 0 Å². The van der Waals surface area contributed by atoms with E-state index < -0.39 is 23.4 Å². The minimum atomic E-state index is -4.64. The molecule has 1 unspecified atom stereocenters. The highest BCUT2D eigenvalue weighted by molar-refractivity contribution is 5.81. The summed E-state index contributed by atoms with van der Waals surface area (Å²) in [7, 11) is 3.86. The average Bonchev–Trinajstić information content (AvgIpc) is 3.08. The normalized spacial score (nSPS) is 13.9. The quantitative estimate of drug-likeness (QED) is 0.653. The SMILES string of the molecule is CN(C)c1ccccc1CC(C)(CCCCc1noc(C(F)(F)F)n1)C(N)=O. The Hall–Kier alpha value is -2.58. The number of halogens is 3. The van der Waals surface area contributed by atoms with E-state index in [2.05, 4.69) is 14.7 Å². The Kier molecular flexibility index (Phi) is 6.69. The van der Waals surface area contributed by atoms with E-state index in [9.17, 15) is 18.0 Å². The number of alkyl halides is 3. The second-order valence-corrected chi connectivity index (χ2v) is 7.35. The summed E-state index contributed by atoms with van der Waals surface area (Å²) in [5.41, 5.74) is 6.94. The molecular weight excluding hydrogens is 373 g/mol. The lowest BCUT2D eigenvalue weighted by Crippen LogP contribution is -2.36. The molecule has 1 atom stereocenters. The highest BCUT2D eigenvalue weighted by Gasteiger charge is 2.38. The molecule has 2 N–H and O–H groups in total. The van der Waals surface area contributed by atoms with E-state index >= 15 is 0 Å². The Bertz CT molecular complexity index is 804. The van der Waals surface area contributed by atoms with E-state index in [1.807, 2.05) is 50.2 Å². The number of aromatic nitrogens is 2. The summed E-state index contributed by atoms with van der Waals surface area (Å²) in [5, 5.41) is 3.35. The van der Waals surface area contributed by atoms with Crippen LogP contribution in [0.3, 0.4) is 0 Å². The van der Waals surface area contributed by atoms with E-state index in [-0.39, 0.29) is 12.2 Å². The van der Waals surface area contributed by atoms with Crippen LogP contribution in [-0.2, 0) is 23.8 Å². The molecule has 1 aromatic heterocycles. The van der Waals surface area contributed by atoms with Gasteiger partial charge < -0.3 is 15.2 Å². The fourth-order valence-electron chi connectivity index (χ4n) is 3.08. The van der Waals surface area contributed by atoms with Crippen LogP contribution < -0.4 is 10.6 Å². The monoisotopic (exact) mass is 398 g/mol. The Labute approximate surface area is 161 Å². The van der Waals surface area contributed by atoms with Gasteiger partial charge >= 0.3 is 12.1 Å². The maximum absolute atomic E-state index is 12.5. The van der Waals surface area contributed by atoms with Crippen molar-refractivity contribution in [3.63, 3.8) is 0 Å². The summed E-state index contributed by atoms with van der Waals surface area (Å²) in [6, 6.07) is 7.79.